The van der Waals surface area contributed by atoms with Gasteiger partial charge in [0.05, 0.1) is 0 Å². The van der Waals surface area contributed by atoms with Crippen molar-refractivity contribution in [2.24, 2.45) is 16.7 Å². The molecule has 1 aromatic rings. The average Bonchev–Trinajstić information content (AvgIpc) is 2.62. The summed E-state index contributed by atoms with van der Waals surface area (Å²) in [4.78, 5) is 4.26. The molecule has 0 aromatic carbocycles. The van der Waals surface area contributed by atoms with Gasteiger partial charge in [-0.2, -0.15) is 0 Å². The van der Waals surface area contributed by atoms with Gasteiger partial charge < -0.3 is 5.32 Å². The molecule has 3 heteroatoms. The molecule has 1 heterocycles. The Morgan fingerprint density at radius 1 is 1.33 bits per heavy atom. The molecule has 1 aromatic heterocycles. The van der Waals surface area contributed by atoms with Gasteiger partial charge in [-0.05, 0) is 23.3 Å². The van der Waals surface area contributed by atoms with Crippen molar-refractivity contribution in [2.45, 2.75) is 34.2 Å². The topological polar surface area (TPSA) is 24.9 Å². The van der Waals surface area contributed by atoms with Gasteiger partial charge in [0.15, 0.2) is 0 Å². The summed E-state index contributed by atoms with van der Waals surface area (Å²) in [5.41, 5.74) is 0.978. The van der Waals surface area contributed by atoms with Crippen LogP contribution in [0.25, 0.3) is 0 Å². The van der Waals surface area contributed by atoms with Crippen molar-refractivity contribution in [2.75, 3.05) is 6.54 Å². The molecule has 1 fully saturated rings. The van der Waals surface area contributed by atoms with Gasteiger partial charge in [0.25, 0.3) is 0 Å². The van der Waals surface area contributed by atoms with Crippen LogP contribution in [0.15, 0.2) is 11.6 Å². The van der Waals surface area contributed by atoms with Crippen molar-refractivity contribution in [3.63, 3.8) is 0 Å². The van der Waals surface area contributed by atoms with Gasteiger partial charge in [-0.25, -0.2) is 4.98 Å². The molecule has 0 bridgehead atoms. The molecule has 1 aliphatic carbocycles. The summed E-state index contributed by atoms with van der Waals surface area (Å²) < 4.78 is 0. The molecule has 0 radical (unpaired) electrons. The van der Waals surface area contributed by atoms with E-state index >= 15 is 0 Å². The molecule has 0 atom stereocenters. The van der Waals surface area contributed by atoms with E-state index in [2.05, 4.69) is 38.0 Å². The van der Waals surface area contributed by atoms with E-state index < -0.39 is 0 Å². The normalized spacial score (nSPS) is 22.9. The molecule has 84 valence electrons. The van der Waals surface area contributed by atoms with Gasteiger partial charge in [0.2, 0.25) is 0 Å². The first-order valence-corrected chi connectivity index (χ1v) is 6.43. The summed E-state index contributed by atoms with van der Waals surface area (Å²) in [6.45, 7) is 11.5. The maximum absolute atomic E-state index is 4.26. The zero-order chi connectivity index (χ0) is 11.1. The van der Waals surface area contributed by atoms with Crippen LogP contribution in [-0.4, -0.2) is 11.5 Å². The number of nitrogens with one attached hydrogen (secondary N) is 1. The second-order valence-electron chi connectivity index (χ2n) is 5.55. The number of hydrogen-bond acceptors (Lipinski definition) is 3. The van der Waals surface area contributed by atoms with Crippen LogP contribution in [0.1, 0.15) is 32.7 Å². The minimum atomic E-state index is 0.489. The number of nitrogens with zero attached hydrogens (tertiary/aromatic N) is 1. The van der Waals surface area contributed by atoms with Gasteiger partial charge in [-0.1, -0.05) is 27.7 Å². The molecule has 1 saturated carbocycles. The van der Waals surface area contributed by atoms with Crippen LogP contribution in [0.2, 0.25) is 0 Å². The molecule has 1 aliphatic rings. The van der Waals surface area contributed by atoms with E-state index in [1.54, 1.807) is 11.3 Å². The van der Waals surface area contributed by atoms with Gasteiger partial charge in [0, 0.05) is 18.1 Å². The van der Waals surface area contributed by atoms with Gasteiger partial charge >= 0.3 is 0 Å². The molecule has 15 heavy (non-hydrogen) atoms. The van der Waals surface area contributed by atoms with Crippen molar-refractivity contribution < 1.29 is 0 Å². The van der Waals surface area contributed by atoms with Crippen LogP contribution in [0.5, 0.6) is 0 Å². The van der Waals surface area contributed by atoms with Crippen molar-refractivity contribution in [3.05, 3.63) is 16.6 Å². The monoisotopic (exact) mass is 224 g/mol. The Morgan fingerprint density at radius 2 is 2.00 bits per heavy atom. The lowest BCUT2D eigenvalue weighted by Gasteiger charge is -2.04. The lowest BCUT2D eigenvalue weighted by molar-refractivity contribution is 0.457. The SMILES string of the molecule is CC1(C)C(CNCc2nccs2)C1(C)C. The highest BCUT2D eigenvalue weighted by atomic mass is 32.1. The van der Waals surface area contributed by atoms with Crippen LogP contribution in [0, 0.1) is 16.7 Å². The first kappa shape index (κ1) is 11.1. The zero-order valence-electron chi connectivity index (χ0n) is 10.0. The highest BCUT2D eigenvalue weighted by Gasteiger charge is 2.63. The van der Waals surface area contributed by atoms with Crippen LogP contribution in [0.4, 0.5) is 0 Å². The molecule has 0 unspecified atom stereocenters. The van der Waals surface area contributed by atoms with E-state index in [4.69, 9.17) is 0 Å². The minimum Gasteiger partial charge on any atom is -0.310 e. The van der Waals surface area contributed by atoms with Crippen LogP contribution >= 0.6 is 11.3 Å². The molecular weight excluding hydrogens is 204 g/mol. The Hall–Kier alpha value is -0.410. The van der Waals surface area contributed by atoms with E-state index in [0.717, 1.165) is 19.0 Å². The first-order valence-electron chi connectivity index (χ1n) is 5.55. The summed E-state index contributed by atoms with van der Waals surface area (Å²) >= 11 is 1.72. The van der Waals surface area contributed by atoms with Crippen molar-refractivity contribution >= 4 is 11.3 Å². The molecule has 0 amide bonds. The Labute approximate surface area is 96.1 Å². The Morgan fingerprint density at radius 3 is 2.47 bits per heavy atom. The van der Waals surface area contributed by atoms with E-state index in [9.17, 15) is 0 Å². The molecule has 2 rings (SSSR count). The Balaban J connectivity index is 1.77. The quantitative estimate of drug-likeness (QED) is 0.850. The summed E-state index contributed by atoms with van der Waals surface area (Å²) in [7, 11) is 0. The van der Waals surface area contributed by atoms with Crippen LogP contribution < -0.4 is 5.32 Å². The lowest BCUT2D eigenvalue weighted by Crippen LogP contribution is -2.18. The Bertz CT molecular complexity index is 313. The van der Waals surface area contributed by atoms with Gasteiger partial charge in [0.1, 0.15) is 5.01 Å². The zero-order valence-corrected chi connectivity index (χ0v) is 10.8. The van der Waals surface area contributed by atoms with Crippen molar-refractivity contribution in [3.8, 4) is 0 Å². The third-order valence-corrected chi connectivity index (χ3v) is 5.21. The molecule has 0 aliphatic heterocycles. The molecule has 0 spiro atoms. The largest absolute Gasteiger partial charge is 0.310 e. The maximum atomic E-state index is 4.26. The highest BCUT2D eigenvalue weighted by Crippen LogP contribution is 2.67. The Kier molecular flexibility index (Phi) is 2.63. The predicted molar refractivity (Wildman–Crippen MR) is 64.9 cm³/mol. The average molecular weight is 224 g/mol. The predicted octanol–water partition coefficient (Wildman–Crippen LogP) is 2.91. The van der Waals surface area contributed by atoms with E-state index in [-0.39, 0.29) is 0 Å². The smallest absolute Gasteiger partial charge is 0.106 e. The fraction of sp³-hybridized carbons (Fsp3) is 0.750. The molecule has 0 saturated heterocycles. The van der Waals surface area contributed by atoms with Gasteiger partial charge in [-0.15, -0.1) is 11.3 Å². The highest BCUT2D eigenvalue weighted by molar-refractivity contribution is 7.09. The van der Waals surface area contributed by atoms with Crippen LogP contribution in [0.3, 0.4) is 0 Å². The molecular formula is C12H20N2S. The molecule has 2 nitrogen and oxygen atoms in total. The summed E-state index contributed by atoms with van der Waals surface area (Å²) in [5.74, 6) is 0.796. The lowest BCUT2D eigenvalue weighted by atomic mass is 10.0. The summed E-state index contributed by atoms with van der Waals surface area (Å²) in [6.07, 6.45) is 1.87. The first-order chi connectivity index (χ1) is 6.96. The number of aromatic nitrogens is 1. The fourth-order valence-corrected chi connectivity index (χ4v) is 3.09. The second kappa shape index (κ2) is 3.56. The molecule has 1 N–H and O–H groups in total. The third-order valence-electron chi connectivity index (χ3n) is 4.43. The van der Waals surface area contributed by atoms with Gasteiger partial charge in [-0.3, -0.25) is 0 Å². The van der Waals surface area contributed by atoms with E-state index in [0.29, 0.717) is 10.8 Å². The number of thiazole rings is 1. The van der Waals surface area contributed by atoms with E-state index in [1.165, 1.54) is 5.01 Å². The fourth-order valence-electron chi connectivity index (χ4n) is 2.51. The third kappa shape index (κ3) is 1.83. The van der Waals surface area contributed by atoms with Crippen molar-refractivity contribution in [1.29, 1.82) is 0 Å². The summed E-state index contributed by atoms with van der Waals surface area (Å²) in [5, 5.41) is 6.73. The second-order valence-corrected chi connectivity index (χ2v) is 6.53. The summed E-state index contributed by atoms with van der Waals surface area (Å²) in [6, 6.07) is 0. The minimum absolute atomic E-state index is 0.489. The van der Waals surface area contributed by atoms with Crippen molar-refractivity contribution in [1.82, 2.24) is 10.3 Å². The van der Waals surface area contributed by atoms with E-state index in [1.807, 2.05) is 11.6 Å². The number of hydrogen-bond donors (Lipinski definition) is 1. The van der Waals surface area contributed by atoms with Crippen LogP contribution in [-0.2, 0) is 6.54 Å². The standard InChI is InChI=1S/C12H20N2S/c1-11(2)9(12(11,3)4)7-13-8-10-14-5-6-15-10/h5-6,9,13H,7-8H2,1-4H3. The maximum Gasteiger partial charge on any atom is 0.106 e. The number of rotatable bonds is 4.